The second kappa shape index (κ2) is 8.39. The topological polar surface area (TPSA) is 74.7 Å². The molecule has 1 saturated heterocycles. The molecular formula is C21H26N4O3. The first-order chi connectivity index (χ1) is 13.3. The van der Waals surface area contributed by atoms with E-state index in [0.717, 1.165) is 16.8 Å². The maximum atomic E-state index is 12.6. The number of nitrogens with one attached hydrogen (secondary N) is 1. The molecule has 28 heavy (non-hydrogen) atoms. The molecule has 7 nitrogen and oxygen atoms in total. The molecule has 3 rings (SSSR count). The number of carbonyl (C=O) groups excluding carboxylic acids is 2. The van der Waals surface area contributed by atoms with Crippen LogP contribution in [0.3, 0.4) is 0 Å². The minimum atomic E-state index is -0.201. The van der Waals surface area contributed by atoms with Crippen LogP contribution >= 0.6 is 0 Å². The first-order valence-corrected chi connectivity index (χ1v) is 9.39. The van der Waals surface area contributed by atoms with Crippen LogP contribution in [0.2, 0.25) is 0 Å². The van der Waals surface area contributed by atoms with Crippen molar-refractivity contribution < 1.29 is 9.59 Å². The summed E-state index contributed by atoms with van der Waals surface area (Å²) in [6.07, 6.45) is 1.60. The van der Waals surface area contributed by atoms with Gasteiger partial charge in [0.15, 0.2) is 0 Å². The Labute approximate surface area is 164 Å². The van der Waals surface area contributed by atoms with Crippen molar-refractivity contribution in [3.8, 4) is 0 Å². The molecule has 0 atom stereocenters. The molecule has 1 N–H and O–H groups in total. The third-order valence-electron chi connectivity index (χ3n) is 5.12. The van der Waals surface area contributed by atoms with E-state index in [-0.39, 0.29) is 17.4 Å². The maximum absolute atomic E-state index is 12.6. The third-order valence-corrected chi connectivity index (χ3v) is 5.12. The Morgan fingerprint density at radius 3 is 2.29 bits per heavy atom. The zero-order valence-corrected chi connectivity index (χ0v) is 16.6. The van der Waals surface area contributed by atoms with Gasteiger partial charge in [-0.3, -0.25) is 19.3 Å². The van der Waals surface area contributed by atoms with E-state index in [9.17, 15) is 14.4 Å². The molecule has 0 bridgehead atoms. The van der Waals surface area contributed by atoms with E-state index in [0.29, 0.717) is 38.3 Å². The summed E-state index contributed by atoms with van der Waals surface area (Å²) in [4.78, 5) is 40.5. The molecule has 2 heterocycles. The van der Waals surface area contributed by atoms with Crippen molar-refractivity contribution in [2.24, 2.45) is 7.05 Å². The van der Waals surface area contributed by atoms with Crippen LogP contribution in [-0.2, 0) is 11.8 Å². The Morgan fingerprint density at radius 1 is 1.04 bits per heavy atom. The molecule has 2 aromatic rings. The van der Waals surface area contributed by atoms with Gasteiger partial charge in [-0.15, -0.1) is 0 Å². The Kier molecular flexibility index (Phi) is 5.94. The van der Waals surface area contributed by atoms with Crippen LogP contribution in [0, 0.1) is 13.8 Å². The molecule has 1 fully saturated rings. The zero-order valence-electron chi connectivity index (χ0n) is 16.6. The quantitative estimate of drug-likeness (QED) is 0.867. The van der Waals surface area contributed by atoms with Gasteiger partial charge in [0.25, 0.3) is 11.5 Å². The number of nitrogens with zero attached hydrogens (tertiary/aromatic N) is 3. The summed E-state index contributed by atoms with van der Waals surface area (Å²) in [5, 5.41) is 3.00. The number of amides is 2. The van der Waals surface area contributed by atoms with Crippen molar-refractivity contribution >= 4 is 17.5 Å². The molecule has 1 aliphatic rings. The minimum absolute atomic E-state index is 0.0521. The van der Waals surface area contributed by atoms with Gasteiger partial charge < -0.3 is 14.8 Å². The molecule has 0 saturated carbocycles. The second-order valence-electron chi connectivity index (χ2n) is 7.25. The minimum Gasteiger partial charge on any atom is -0.336 e. The summed E-state index contributed by atoms with van der Waals surface area (Å²) in [7, 11) is 1.65. The second-order valence-corrected chi connectivity index (χ2v) is 7.25. The summed E-state index contributed by atoms with van der Waals surface area (Å²) in [6.45, 7) is 6.55. The smallest absolute Gasteiger partial charge is 0.254 e. The van der Waals surface area contributed by atoms with Crippen LogP contribution in [0.25, 0.3) is 0 Å². The fraction of sp³-hybridized carbons (Fsp3) is 0.381. The number of hydrogen-bond donors (Lipinski definition) is 1. The first kappa shape index (κ1) is 19.8. The van der Waals surface area contributed by atoms with Crippen LogP contribution in [0.1, 0.15) is 21.5 Å². The van der Waals surface area contributed by atoms with Crippen molar-refractivity contribution in [3.05, 3.63) is 63.6 Å². The van der Waals surface area contributed by atoms with Crippen molar-refractivity contribution in [2.75, 3.05) is 38.0 Å². The fourth-order valence-corrected chi connectivity index (χ4v) is 3.37. The highest BCUT2D eigenvalue weighted by Crippen LogP contribution is 2.19. The largest absolute Gasteiger partial charge is 0.336 e. The number of benzene rings is 1. The van der Waals surface area contributed by atoms with E-state index in [4.69, 9.17) is 0 Å². The number of pyridine rings is 1. The normalized spacial score (nSPS) is 14.8. The monoisotopic (exact) mass is 382 g/mol. The number of aromatic nitrogens is 1. The lowest BCUT2D eigenvalue weighted by atomic mass is 10.1. The Morgan fingerprint density at radius 2 is 1.68 bits per heavy atom. The summed E-state index contributed by atoms with van der Waals surface area (Å²) in [5.74, 6) is -0.193. The lowest BCUT2D eigenvalue weighted by Crippen LogP contribution is -2.50. The third kappa shape index (κ3) is 4.48. The molecule has 0 radical (unpaired) electrons. The number of aryl methyl sites for hydroxylation is 3. The Balaban J connectivity index is 1.53. The van der Waals surface area contributed by atoms with E-state index in [2.05, 4.69) is 5.32 Å². The predicted octanol–water partition coefficient (Wildman–Crippen LogP) is 1.40. The van der Waals surface area contributed by atoms with Crippen molar-refractivity contribution in [1.82, 2.24) is 14.4 Å². The van der Waals surface area contributed by atoms with E-state index < -0.39 is 0 Å². The number of piperazine rings is 1. The maximum Gasteiger partial charge on any atom is 0.254 e. The molecule has 0 spiro atoms. The van der Waals surface area contributed by atoms with Gasteiger partial charge in [0.2, 0.25) is 5.91 Å². The Bertz CT molecular complexity index is 923. The summed E-state index contributed by atoms with van der Waals surface area (Å²) in [5.41, 5.74) is 3.15. The number of carbonyl (C=O) groups is 2. The van der Waals surface area contributed by atoms with E-state index in [1.165, 1.54) is 10.6 Å². The molecule has 1 aromatic heterocycles. The molecule has 7 heteroatoms. The molecule has 2 amide bonds. The highest BCUT2D eigenvalue weighted by molar-refractivity contribution is 5.94. The van der Waals surface area contributed by atoms with E-state index in [1.807, 2.05) is 36.9 Å². The van der Waals surface area contributed by atoms with Gasteiger partial charge in [-0.05, 0) is 31.0 Å². The van der Waals surface area contributed by atoms with Crippen LogP contribution in [-0.4, -0.2) is 58.9 Å². The van der Waals surface area contributed by atoms with Gasteiger partial charge in [-0.25, -0.2) is 0 Å². The lowest BCUT2D eigenvalue weighted by molar-refractivity contribution is -0.117. The molecule has 1 aliphatic heterocycles. The van der Waals surface area contributed by atoms with Gasteiger partial charge in [-0.2, -0.15) is 0 Å². The van der Waals surface area contributed by atoms with Crippen molar-refractivity contribution in [1.29, 1.82) is 0 Å². The zero-order chi connectivity index (χ0) is 20.3. The summed E-state index contributed by atoms with van der Waals surface area (Å²) >= 11 is 0. The predicted molar refractivity (Wildman–Crippen MR) is 109 cm³/mol. The molecule has 0 unspecified atom stereocenters. The van der Waals surface area contributed by atoms with Crippen LogP contribution < -0.4 is 10.9 Å². The van der Waals surface area contributed by atoms with Crippen LogP contribution in [0.4, 0.5) is 5.69 Å². The molecule has 0 aliphatic carbocycles. The van der Waals surface area contributed by atoms with Gasteiger partial charge >= 0.3 is 0 Å². The van der Waals surface area contributed by atoms with Gasteiger partial charge in [-0.1, -0.05) is 18.2 Å². The van der Waals surface area contributed by atoms with Gasteiger partial charge in [0.05, 0.1) is 6.54 Å². The average molecular weight is 382 g/mol. The van der Waals surface area contributed by atoms with E-state index in [1.54, 1.807) is 24.2 Å². The summed E-state index contributed by atoms with van der Waals surface area (Å²) < 4.78 is 1.43. The number of rotatable bonds is 4. The lowest BCUT2D eigenvalue weighted by Gasteiger charge is -2.34. The molecular weight excluding hydrogens is 356 g/mol. The fourth-order valence-electron chi connectivity index (χ4n) is 3.37. The van der Waals surface area contributed by atoms with Crippen LogP contribution in [0.15, 0.2) is 41.3 Å². The van der Waals surface area contributed by atoms with E-state index >= 15 is 0 Å². The number of anilines is 1. The standard InChI is InChI=1S/C21H26N4O3/c1-15-5-4-6-16(2)20(15)22-18(26)14-24-9-11-25(12-10-24)21(28)17-7-8-23(3)19(27)13-17/h4-8,13H,9-12,14H2,1-3H3,(H,22,26). The summed E-state index contributed by atoms with van der Waals surface area (Å²) in [6, 6.07) is 8.95. The SMILES string of the molecule is Cc1cccc(C)c1NC(=O)CN1CCN(C(=O)c2ccn(C)c(=O)c2)CC1. The van der Waals surface area contributed by atoms with Crippen molar-refractivity contribution in [2.45, 2.75) is 13.8 Å². The van der Waals surface area contributed by atoms with Gasteiger partial charge in [0, 0.05) is 56.7 Å². The first-order valence-electron chi connectivity index (χ1n) is 9.39. The van der Waals surface area contributed by atoms with Crippen molar-refractivity contribution in [3.63, 3.8) is 0 Å². The van der Waals surface area contributed by atoms with Crippen LogP contribution in [0.5, 0.6) is 0 Å². The highest BCUT2D eigenvalue weighted by atomic mass is 16.2. The highest BCUT2D eigenvalue weighted by Gasteiger charge is 2.23. The van der Waals surface area contributed by atoms with Gasteiger partial charge in [0.1, 0.15) is 0 Å². The average Bonchev–Trinajstić information content (AvgIpc) is 2.67. The molecule has 148 valence electrons. The number of para-hydroxylation sites is 1. The molecule has 1 aromatic carbocycles. The number of hydrogen-bond acceptors (Lipinski definition) is 4. The Hall–Kier alpha value is -2.93.